The number of rotatable bonds is 2. The van der Waals surface area contributed by atoms with E-state index in [9.17, 15) is 0 Å². The monoisotopic (exact) mass is 259 g/mol. The van der Waals surface area contributed by atoms with Crippen LogP contribution >= 0.6 is 23.2 Å². The number of hydrogen-bond donors (Lipinski definition) is 1. The molecule has 3 unspecified atom stereocenters. The molecule has 1 saturated heterocycles. The van der Waals surface area contributed by atoms with Crippen LogP contribution in [0.2, 0.25) is 10.0 Å². The second-order valence-corrected chi connectivity index (χ2v) is 5.15. The van der Waals surface area contributed by atoms with Gasteiger partial charge >= 0.3 is 0 Å². The van der Waals surface area contributed by atoms with Crippen LogP contribution in [0.3, 0.4) is 0 Å². The van der Waals surface area contributed by atoms with E-state index < -0.39 is 0 Å². The molecule has 0 spiro atoms. The summed E-state index contributed by atoms with van der Waals surface area (Å²) >= 11 is 11.8. The van der Waals surface area contributed by atoms with Crippen molar-refractivity contribution >= 4 is 23.2 Å². The molecule has 3 atom stereocenters. The van der Waals surface area contributed by atoms with Gasteiger partial charge in [0.15, 0.2) is 0 Å². The van der Waals surface area contributed by atoms with Gasteiger partial charge in [0, 0.05) is 12.0 Å². The summed E-state index contributed by atoms with van der Waals surface area (Å²) in [5.41, 5.74) is 7.22. The van der Waals surface area contributed by atoms with Gasteiger partial charge < -0.3 is 10.5 Å². The van der Waals surface area contributed by atoms with E-state index in [0.717, 1.165) is 18.6 Å². The number of hydrogen-bond acceptors (Lipinski definition) is 2. The SMILES string of the molecule is CC1CC(C(N)c2ccc(Cl)c(Cl)c2)CO1. The van der Waals surface area contributed by atoms with E-state index in [1.54, 1.807) is 6.07 Å². The molecule has 1 aliphatic rings. The highest BCUT2D eigenvalue weighted by Crippen LogP contribution is 2.32. The van der Waals surface area contributed by atoms with Gasteiger partial charge in [-0.15, -0.1) is 0 Å². The lowest BCUT2D eigenvalue weighted by Crippen LogP contribution is -2.21. The zero-order chi connectivity index (χ0) is 11.7. The fourth-order valence-electron chi connectivity index (χ4n) is 2.09. The normalized spacial score (nSPS) is 27.0. The molecule has 16 heavy (non-hydrogen) atoms. The van der Waals surface area contributed by atoms with E-state index in [-0.39, 0.29) is 6.04 Å². The zero-order valence-electron chi connectivity index (χ0n) is 9.12. The largest absolute Gasteiger partial charge is 0.378 e. The number of nitrogens with two attached hydrogens (primary N) is 1. The predicted molar refractivity (Wildman–Crippen MR) is 66.9 cm³/mol. The van der Waals surface area contributed by atoms with Crippen LogP contribution in [0.25, 0.3) is 0 Å². The molecule has 2 N–H and O–H groups in total. The average Bonchev–Trinajstić information content (AvgIpc) is 2.68. The second kappa shape index (κ2) is 4.92. The third-order valence-corrected chi connectivity index (χ3v) is 3.80. The van der Waals surface area contributed by atoms with Crippen molar-refractivity contribution in [1.29, 1.82) is 0 Å². The van der Waals surface area contributed by atoms with Gasteiger partial charge in [0.25, 0.3) is 0 Å². The number of benzene rings is 1. The van der Waals surface area contributed by atoms with Gasteiger partial charge in [0.2, 0.25) is 0 Å². The van der Waals surface area contributed by atoms with Crippen LogP contribution in [0.5, 0.6) is 0 Å². The van der Waals surface area contributed by atoms with Gasteiger partial charge in [-0.3, -0.25) is 0 Å². The van der Waals surface area contributed by atoms with Gasteiger partial charge in [0.05, 0.1) is 22.8 Å². The summed E-state index contributed by atoms with van der Waals surface area (Å²) in [5.74, 6) is 0.368. The second-order valence-electron chi connectivity index (χ2n) is 4.34. The van der Waals surface area contributed by atoms with Crippen LogP contribution in [0.1, 0.15) is 24.9 Å². The topological polar surface area (TPSA) is 35.2 Å². The van der Waals surface area contributed by atoms with E-state index in [2.05, 4.69) is 6.92 Å². The van der Waals surface area contributed by atoms with Crippen LogP contribution in [-0.2, 0) is 4.74 Å². The van der Waals surface area contributed by atoms with Crippen molar-refractivity contribution in [2.24, 2.45) is 11.7 Å². The maximum atomic E-state index is 6.20. The fraction of sp³-hybridized carbons (Fsp3) is 0.500. The van der Waals surface area contributed by atoms with E-state index in [1.807, 2.05) is 12.1 Å². The first-order valence-electron chi connectivity index (χ1n) is 5.40. The zero-order valence-corrected chi connectivity index (χ0v) is 10.6. The molecule has 1 aromatic rings. The summed E-state index contributed by atoms with van der Waals surface area (Å²) in [4.78, 5) is 0. The van der Waals surface area contributed by atoms with Gasteiger partial charge in [-0.25, -0.2) is 0 Å². The minimum atomic E-state index is -0.0280. The van der Waals surface area contributed by atoms with Crippen LogP contribution in [0.15, 0.2) is 18.2 Å². The molecule has 1 aliphatic heterocycles. The Morgan fingerprint density at radius 3 is 2.69 bits per heavy atom. The minimum absolute atomic E-state index is 0.0280. The molecule has 1 aromatic carbocycles. The van der Waals surface area contributed by atoms with E-state index in [0.29, 0.717) is 22.1 Å². The summed E-state index contributed by atoms with van der Waals surface area (Å²) < 4.78 is 5.52. The fourth-order valence-corrected chi connectivity index (χ4v) is 2.40. The van der Waals surface area contributed by atoms with Crippen molar-refractivity contribution < 1.29 is 4.74 Å². The standard InChI is InChI=1S/C12H15Cl2NO/c1-7-4-9(6-16-7)12(15)8-2-3-10(13)11(14)5-8/h2-3,5,7,9,12H,4,6,15H2,1H3. The van der Waals surface area contributed by atoms with Crippen LogP contribution in [0.4, 0.5) is 0 Å². The molecule has 0 bridgehead atoms. The van der Waals surface area contributed by atoms with Gasteiger partial charge in [0.1, 0.15) is 0 Å². The first-order chi connectivity index (χ1) is 7.58. The maximum Gasteiger partial charge on any atom is 0.0595 e. The van der Waals surface area contributed by atoms with Crippen LogP contribution in [-0.4, -0.2) is 12.7 Å². The van der Waals surface area contributed by atoms with E-state index in [1.165, 1.54) is 0 Å². The van der Waals surface area contributed by atoms with Gasteiger partial charge in [-0.1, -0.05) is 29.3 Å². The van der Waals surface area contributed by atoms with E-state index >= 15 is 0 Å². The molecular weight excluding hydrogens is 245 g/mol. The Balaban J connectivity index is 2.14. The van der Waals surface area contributed by atoms with Crippen LogP contribution < -0.4 is 5.73 Å². The van der Waals surface area contributed by atoms with Crippen molar-refractivity contribution in [2.45, 2.75) is 25.5 Å². The molecule has 1 heterocycles. The Hall–Kier alpha value is -0.280. The Kier molecular flexibility index (Phi) is 3.75. The molecule has 1 fully saturated rings. The molecule has 0 radical (unpaired) electrons. The van der Waals surface area contributed by atoms with E-state index in [4.69, 9.17) is 33.7 Å². The molecule has 0 amide bonds. The molecule has 0 aromatic heterocycles. The van der Waals surface area contributed by atoms with Crippen molar-refractivity contribution in [2.75, 3.05) is 6.61 Å². The number of ether oxygens (including phenoxy) is 1. The average molecular weight is 260 g/mol. The molecule has 4 heteroatoms. The van der Waals surface area contributed by atoms with Gasteiger partial charge in [-0.2, -0.15) is 0 Å². The Labute approximate surface area is 106 Å². The smallest absolute Gasteiger partial charge is 0.0595 e. The van der Waals surface area contributed by atoms with Crippen molar-refractivity contribution in [3.63, 3.8) is 0 Å². The highest BCUT2D eigenvalue weighted by Gasteiger charge is 2.28. The predicted octanol–water partition coefficient (Wildman–Crippen LogP) is 3.42. The lowest BCUT2D eigenvalue weighted by Gasteiger charge is -2.18. The Bertz CT molecular complexity index is 383. The molecule has 2 rings (SSSR count). The maximum absolute atomic E-state index is 6.20. The van der Waals surface area contributed by atoms with Crippen molar-refractivity contribution in [3.05, 3.63) is 33.8 Å². The lowest BCUT2D eigenvalue weighted by atomic mass is 9.92. The highest BCUT2D eigenvalue weighted by molar-refractivity contribution is 6.42. The highest BCUT2D eigenvalue weighted by atomic mass is 35.5. The van der Waals surface area contributed by atoms with Crippen molar-refractivity contribution in [1.82, 2.24) is 0 Å². The molecule has 88 valence electrons. The van der Waals surface area contributed by atoms with Gasteiger partial charge in [-0.05, 0) is 31.0 Å². The lowest BCUT2D eigenvalue weighted by molar-refractivity contribution is 0.118. The Morgan fingerprint density at radius 1 is 1.38 bits per heavy atom. The summed E-state index contributed by atoms with van der Waals surface area (Å²) in [6, 6.07) is 5.54. The van der Waals surface area contributed by atoms with Crippen molar-refractivity contribution in [3.8, 4) is 0 Å². The third-order valence-electron chi connectivity index (χ3n) is 3.07. The summed E-state index contributed by atoms with van der Waals surface area (Å²) in [7, 11) is 0. The summed E-state index contributed by atoms with van der Waals surface area (Å²) in [6.07, 6.45) is 1.31. The first-order valence-corrected chi connectivity index (χ1v) is 6.15. The minimum Gasteiger partial charge on any atom is -0.378 e. The first kappa shape index (κ1) is 12.2. The van der Waals surface area contributed by atoms with Crippen LogP contribution in [0, 0.1) is 5.92 Å². The summed E-state index contributed by atoms with van der Waals surface area (Å²) in [6.45, 7) is 2.80. The summed E-state index contributed by atoms with van der Waals surface area (Å²) in [5, 5.41) is 1.12. The molecular formula is C12H15Cl2NO. The quantitative estimate of drug-likeness (QED) is 0.884. The molecule has 0 saturated carbocycles. The number of halogens is 2. The Morgan fingerprint density at radius 2 is 2.12 bits per heavy atom. The third kappa shape index (κ3) is 2.51. The molecule has 0 aliphatic carbocycles. The molecule has 2 nitrogen and oxygen atoms in total.